The summed E-state index contributed by atoms with van der Waals surface area (Å²) in [7, 11) is 0. The highest BCUT2D eigenvalue weighted by atomic mass is 35.5. The Morgan fingerprint density at radius 3 is 2.45 bits per heavy atom. The van der Waals surface area contributed by atoms with Crippen LogP contribution in [0.1, 0.15) is 21.5 Å². The number of nitrogens with two attached hydrogens (primary N) is 1. The van der Waals surface area contributed by atoms with E-state index in [2.05, 4.69) is 10.6 Å². The lowest BCUT2D eigenvalue weighted by Gasteiger charge is -2.10. The number of anilines is 1. The van der Waals surface area contributed by atoms with Crippen LogP contribution in [0.15, 0.2) is 42.5 Å². The van der Waals surface area contributed by atoms with Gasteiger partial charge in [0.05, 0.1) is 0 Å². The van der Waals surface area contributed by atoms with Gasteiger partial charge < -0.3 is 16.4 Å². The average molecular weight is 318 g/mol. The van der Waals surface area contributed by atoms with E-state index in [0.29, 0.717) is 22.8 Å². The van der Waals surface area contributed by atoms with Crippen molar-refractivity contribution in [1.29, 1.82) is 0 Å². The molecular weight excluding hydrogens is 302 g/mol. The van der Waals surface area contributed by atoms with Gasteiger partial charge in [-0.05, 0) is 42.3 Å². The summed E-state index contributed by atoms with van der Waals surface area (Å²) in [5.41, 5.74) is 7.87. The normalized spacial score (nSPS) is 10.1. The first kappa shape index (κ1) is 15.9. The van der Waals surface area contributed by atoms with Gasteiger partial charge in [0.15, 0.2) is 0 Å². The average Bonchev–Trinajstić information content (AvgIpc) is 2.50. The predicted molar refractivity (Wildman–Crippen MR) is 87.0 cm³/mol. The molecule has 5 nitrogen and oxygen atoms in total. The molecule has 2 aromatic carbocycles. The molecule has 0 aliphatic carbocycles. The Morgan fingerprint density at radius 2 is 1.82 bits per heavy atom. The minimum atomic E-state index is -0.585. The zero-order chi connectivity index (χ0) is 16.1. The molecule has 0 radical (unpaired) electrons. The minimum Gasteiger partial charge on any atom is -0.352 e. The number of carbonyl (C=O) groups excluding carboxylic acids is 2. The summed E-state index contributed by atoms with van der Waals surface area (Å²) >= 11 is 6.03. The van der Waals surface area contributed by atoms with Gasteiger partial charge in [0.1, 0.15) is 0 Å². The van der Waals surface area contributed by atoms with Gasteiger partial charge in [0.2, 0.25) is 0 Å². The zero-order valence-electron chi connectivity index (χ0n) is 12.0. The molecule has 0 fully saturated rings. The highest BCUT2D eigenvalue weighted by Crippen LogP contribution is 2.23. The van der Waals surface area contributed by atoms with Crippen molar-refractivity contribution in [3.8, 4) is 0 Å². The van der Waals surface area contributed by atoms with Crippen LogP contribution in [0.2, 0.25) is 5.02 Å². The first-order valence-electron chi connectivity index (χ1n) is 6.66. The van der Waals surface area contributed by atoms with Gasteiger partial charge in [-0.25, -0.2) is 4.79 Å². The molecule has 6 heteroatoms. The number of primary amides is 1. The van der Waals surface area contributed by atoms with Crippen molar-refractivity contribution >= 4 is 29.2 Å². The second-order valence-corrected chi connectivity index (χ2v) is 5.19. The fraction of sp³-hybridized carbons (Fsp3) is 0.125. The lowest BCUT2D eigenvalue weighted by Crippen LogP contribution is -2.28. The molecular formula is C16H16ClN3O2. The SMILES string of the molecule is Cc1c(Cl)cccc1NC(=O)c1ccc(CNC(N)=O)cc1. The quantitative estimate of drug-likeness (QED) is 0.809. The molecule has 0 aliphatic heterocycles. The predicted octanol–water partition coefficient (Wildman–Crippen LogP) is 3.07. The molecule has 0 atom stereocenters. The summed E-state index contributed by atoms with van der Waals surface area (Å²) in [5, 5.41) is 5.91. The van der Waals surface area contributed by atoms with Crippen LogP contribution >= 0.6 is 11.6 Å². The number of carbonyl (C=O) groups is 2. The summed E-state index contributed by atoms with van der Waals surface area (Å²) in [6, 6.07) is 11.7. The Bertz CT molecular complexity index is 699. The number of benzene rings is 2. The van der Waals surface area contributed by atoms with Gasteiger partial charge in [-0.3, -0.25) is 4.79 Å². The standard InChI is InChI=1S/C16H16ClN3O2/c1-10-13(17)3-2-4-14(10)20-15(21)12-7-5-11(6-8-12)9-19-16(18)22/h2-8H,9H2,1H3,(H,20,21)(H3,18,19,22). The van der Waals surface area contributed by atoms with E-state index in [1.165, 1.54) is 0 Å². The molecule has 22 heavy (non-hydrogen) atoms. The lowest BCUT2D eigenvalue weighted by molar-refractivity contribution is 0.102. The van der Waals surface area contributed by atoms with Gasteiger partial charge in [-0.15, -0.1) is 0 Å². The maximum absolute atomic E-state index is 12.2. The molecule has 2 aromatic rings. The molecule has 114 valence electrons. The van der Waals surface area contributed by atoms with Crippen LogP contribution in [-0.4, -0.2) is 11.9 Å². The zero-order valence-corrected chi connectivity index (χ0v) is 12.8. The number of urea groups is 1. The van der Waals surface area contributed by atoms with E-state index in [4.69, 9.17) is 17.3 Å². The summed E-state index contributed by atoms with van der Waals surface area (Å²) in [6.07, 6.45) is 0. The van der Waals surface area contributed by atoms with E-state index >= 15 is 0 Å². The number of hydrogen-bond acceptors (Lipinski definition) is 2. The molecule has 0 saturated heterocycles. The fourth-order valence-corrected chi connectivity index (χ4v) is 2.08. The van der Waals surface area contributed by atoms with Gasteiger partial charge in [-0.2, -0.15) is 0 Å². The van der Waals surface area contributed by atoms with Gasteiger partial charge >= 0.3 is 6.03 Å². The number of rotatable bonds is 4. The largest absolute Gasteiger partial charge is 0.352 e. The molecule has 4 N–H and O–H groups in total. The van der Waals surface area contributed by atoms with Crippen LogP contribution in [0, 0.1) is 6.92 Å². The fourth-order valence-electron chi connectivity index (χ4n) is 1.90. The highest BCUT2D eigenvalue weighted by Gasteiger charge is 2.09. The molecule has 3 amide bonds. The topological polar surface area (TPSA) is 84.2 Å². The lowest BCUT2D eigenvalue weighted by atomic mass is 10.1. The first-order chi connectivity index (χ1) is 10.5. The first-order valence-corrected chi connectivity index (χ1v) is 7.04. The van der Waals surface area contributed by atoms with E-state index < -0.39 is 6.03 Å². The van der Waals surface area contributed by atoms with E-state index in [-0.39, 0.29) is 5.91 Å². The number of halogens is 1. The molecule has 0 unspecified atom stereocenters. The van der Waals surface area contributed by atoms with Crippen molar-refractivity contribution in [2.24, 2.45) is 5.73 Å². The van der Waals surface area contributed by atoms with Crippen molar-refractivity contribution in [2.45, 2.75) is 13.5 Å². The van der Waals surface area contributed by atoms with Crippen LogP contribution in [-0.2, 0) is 6.54 Å². The van der Waals surface area contributed by atoms with Crippen LogP contribution in [0.3, 0.4) is 0 Å². The second kappa shape index (κ2) is 6.95. The Morgan fingerprint density at radius 1 is 1.14 bits per heavy atom. The monoisotopic (exact) mass is 317 g/mol. The Balaban J connectivity index is 2.06. The molecule has 2 rings (SSSR count). The van der Waals surface area contributed by atoms with E-state index in [1.54, 1.807) is 42.5 Å². The maximum atomic E-state index is 12.2. The maximum Gasteiger partial charge on any atom is 0.312 e. The van der Waals surface area contributed by atoms with Crippen molar-refractivity contribution in [1.82, 2.24) is 5.32 Å². The molecule has 0 aromatic heterocycles. The third-order valence-electron chi connectivity index (χ3n) is 3.20. The van der Waals surface area contributed by atoms with E-state index in [9.17, 15) is 9.59 Å². The molecule has 0 aliphatic rings. The van der Waals surface area contributed by atoms with Crippen LogP contribution in [0.25, 0.3) is 0 Å². The van der Waals surface area contributed by atoms with Crippen molar-refractivity contribution in [3.63, 3.8) is 0 Å². The van der Waals surface area contributed by atoms with Crippen molar-refractivity contribution in [2.75, 3.05) is 5.32 Å². The summed E-state index contributed by atoms with van der Waals surface area (Å²) in [5.74, 6) is -0.222. The molecule has 0 saturated carbocycles. The van der Waals surface area contributed by atoms with Gasteiger partial charge in [0.25, 0.3) is 5.91 Å². The third-order valence-corrected chi connectivity index (χ3v) is 3.61. The number of amides is 3. The third kappa shape index (κ3) is 3.99. The van der Waals surface area contributed by atoms with Crippen LogP contribution in [0.4, 0.5) is 10.5 Å². The van der Waals surface area contributed by atoms with Crippen LogP contribution < -0.4 is 16.4 Å². The number of hydrogen-bond donors (Lipinski definition) is 3. The highest BCUT2D eigenvalue weighted by molar-refractivity contribution is 6.31. The Kier molecular flexibility index (Phi) is 5.01. The van der Waals surface area contributed by atoms with Gasteiger partial charge in [0, 0.05) is 22.8 Å². The van der Waals surface area contributed by atoms with E-state index in [0.717, 1.165) is 11.1 Å². The smallest absolute Gasteiger partial charge is 0.312 e. The minimum absolute atomic E-state index is 0.222. The number of nitrogens with one attached hydrogen (secondary N) is 2. The van der Waals surface area contributed by atoms with Crippen LogP contribution in [0.5, 0.6) is 0 Å². The van der Waals surface area contributed by atoms with Gasteiger partial charge in [-0.1, -0.05) is 29.8 Å². The summed E-state index contributed by atoms with van der Waals surface area (Å²) in [6.45, 7) is 2.17. The Hall–Kier alpha value is -2.53. The van der Waals surface area contributed by atoms with E-state index in [1.807, 2.05) is 6.92 Å². The molecule has 0 heterocycles. The summed E-state index contributed by atoms with van der Waals surface area (Å²) < 4.78 is 0. The molecule has 0 spiro atoms. The Labute approximate surface area is 133 Å². The second-order valence-electron chi connectivity index (χ2n) is 4.78. The molecule has 0 bridgehead atoms. The summed E-state index contributed by atoms with van der Waals surface area (Å²) in [4.78, 5) is 22.9. The van der Waals surface area contributed by atoms with Crippen molar-refractivity contribution in [3.05, 3.63) is 64.2 Å². The van der Waals surface area contributed by atoms with Crippen molar-refractivity contribution < 1.29 is 9.59 Å².